The zero-order valence-corrected chi connectivity index (χ0v) is 14.3. The number of nitriles is 1. The number of nitrogens with one attached hydrogen (secondary N) is 2. The van der Waals surface area contributed by atoms with E-state index in [1.165, 1.54) is 6.20 Å². The minimum absolute atomic E-state index is 0.000601. The highest BCUT2D eigenvalue weighted by molar-refractivity contribution is 6.31. The molecule has 2 N–H and O–H groups in total. The molecule has 0 atom stereocenters. The lowest BCUT2D eigenvalue weighted by Gasteiger charge is -2.07. The van der Waals surface area contributed by atoms with E-state index >= 15 is 0 Å². The fourth-order valence-electron chi connectivity index (χ4n) is 2.11. The van der Waals surface area contributed by atoms with Gasteiger partial charge in [0.1, 0.15) is 11.6 Å². The van der Waals surface area contributed by atoms with Gasteiger partial charge < -0.3 is 10.6 Å². The normalized spacial score (nSPS) is 10.8. The minimum Gasteiger partial charge on any atom is -0.386 e. The van der Waals surface area contributed by atoms with Crippen molar-refractivity contribution in [3.05, 3.63) is 76.0 Å². The molecule has 0 bridgehead atoms. The molecule has 2 aromatic rings. The number of hydrogen-bond donors (Lipinski definition) is 2. The average molecular weight is 340 g/mol. The van der Waals surface area contributed by atoms with Gasteiger partial charge in [0, 0.05) is 23.5 Å². The molecule has 0 aliphatic heterocycles. The Bertz CT molecular complexity index is 822. The third-order valence-electron chi connectivity index (χ3n) is 3.43. The Hall–Kier alpha value is -2.77. The summed E-state index contributed by atoms with van der Waals surface area (Å²) in [7, 11) is 0. The van der Waals surface area contributed by atoms with Gasteiger partial charge in [-0.25, -0.2) is 0 Å². The van der Waals surface area contributed by atoms with E-state index in [0.29, 0.717) is 17.3 Å². The monoisotopic (exact) mass is 339 g/mol. The molecule has 2 aromatic carbocycles. The van der Waals surface area contributed by atoms with Gasteiger partial charge in [0.15, 0.2) is 0 Å². The van der Waals surface area contributed by atoms with E-state index in [1.807, 2.05) is 50.2 Å². The van der Waals surface area contributed by atoms with Gasteiger partial charge in [-0.15, -0.1) is 0 Å². The van der Waals surface area contributed by atoms with Crippen molar-refractivity contribution in [2.75, 3.05) is 5.32 Å². The number of halogens is 1. The standard InChI is InChI=1S/C19H18ClN3O/c1-13-4-3-5-15(8-13)11-22-12-16(10-21)19(24)23-17-7-6-14(2)18(20)9-17/h3-9,12,22H,11H2,1-2H3,(H,23,24)/b16-12-. The Kier molecular flexibility index (Phi) is 6.00. The van der Waals surface area contributed by atoms with Crippen LogP contribution in [-0.4, -0.2) is 5.91 Å². The molecular weight excluding hydrogens is 322 g/mol. The fourth-order valence-corrected chi connectivity index (χ4v) is 2.29. The van der Waals surface area contributed by atoms with E-state index in [9.17, 15) is 4.79 Å². The number of amides is 1. The summed E-state index contributed by atoms with van der Waals surface area (Å²) in [6.07, 6.45) is 1.42. The van der Waals surface area contributed by atoms with Crippen molar-refractivity contribution in [2.45, 2.75) is 20.4 Å². The topological polar surface area (TPSA) is 64.9 Å². The Morgan fingerprint density at radius 1 is 1.25 bits per heavy atom. The molecule has 0 unspecified atom stereocenters. The Balaban J connectivity index is 2.00. The molecule has 0 saturated carbocycles. The van der Waals surface area contributed by atoms with E-state index in [2.05, 4.69) is 10.6 Å². The summed E-state index contributed by atoms with van der Waals surface area (Å²) in [6, 6.07) is 15.1. The molecule has 0 heterocycles. The molecule has 0 saturated heterocycles. The lowest BCUT2D eigenvalue weighted by Crippen LogP contribution is -2.16. The number of rotatable bonds is 5. The number of carbonyl (C=O) groups excluding carboxylic acids is 1. The Labute approximate surface area is 146 Å². The maximum atomic E-state index is 12.2. The summed E-state index contributed by atoms with van der Waals surface area (Å²) in [5.74, 6) is -0.478. The van der Waals surface area contributed by atoms with Gasteiger partial charge in [-0.2, -0.15) is 5.26 Å². The first-order valence-corrected chi connectivity index (χ1v) is 7.84. The van der Waals surface area contributed by atoms with Crippen LogP contribution in [0.15, 0.2) is 54.2 Å². The van der Waals surface area contributed by atoms with Gasteiger partial charge in [-0.1, -0.05) is 47.5 Å². The second-order valence-corrected chi connectivity index (χ2v) is 5.87. The summed E-state index contributed by atoms with van der Waals surface area (Å²) in [6.45, 7) is 4.43. The molecule has 4 nitrogen and oxygen atoms in total. The van der Waals surface area contributed by atoms with E-state index < -0.39 is 5.91 Å². The molecule has 0 fully saturated rings. The van der Waals surface area contributed by atoms with Crippen LogP contribution in [0.2, 0.25) is 5.02 Å². The molecule has 0 aromatic heterocycles. The van der Waals surface area contributed by atoms with E-state index in [-0.39, 0.29) is 5.57 Å². The fraction of sp³-hybridized carbons (Fsp3) is 0.158. The molecular formula is C19H18ClN3O. The van der Waals surface area contributed by atoms with Crippen LogP contribution in [0, 0.1) is 25.2 Å². The summed E-state index contributed by atoms with van der Waals surface area (Å²) in [5.41, 5.74) is 3.71. The molecule has 0 aliphatic rings. The second-order valence-electron chi connectivity index (χ2n) is 5.46. The average Bonchev–Trinajstić information content (AvgIpc) is 2.55. The van der Waals surface area contributed by atoms with Crippen molar-refractivity contribution in [3.8, 4) is 6.07 Å². The predicted molar refractivity (Wildman–Crippen MR) is 96.5 cm³/mol. The highest BCUT2D eigenvalue weighted by atomic mass is 35.5. The third kappa shape index (κ3) is 4.87. The zero-order valence-electron chi connectivity index (χ0n) is 13.6. The number of benzene rings is 2. The third-order valence-corrected chi connectivity index (χ3v) is 3.84. The molecule has 1 amide bonds. The maximum absolute atomic E-state index is 12.2. The predicted octanol–water partition coefficient (Wildman–Crippen LogP) is 4.09. The van der Waals surface area contributed by atoms with Crippen molar-refractivity contribution >= 4 is 23.2 Å². The van der Waals surface area contributed by atoms with Gasteiger partial charge in [0.25, 0.3) is 5.91 Å². The summed E-state index contributed by atoms with van der Waals surface area (Å²) < 4.78 is 0. The highest BCUT2D eigenvalue weighted by Gasteiger charge is 2.09. The number of nitrogens with zero attached hydrogens (tertiary/aromatic N) is 1. The van der Waals surface area contributed by atoms with Gasteiger partial charge in [0.2, 0.25) is 0 Å². The Morgan fingerprint density at radius 3 is 2.71 bits per heavy atom. The summed E-state index contributed by atoms with van der Waals surface area (Å²) >= 11 is 6.03. The number of aryl methyl sites for hydroxylation is 2. The first-order chi connectivity index (χ1) is 11.5. The largest absolute Gasteiger partial charge is 0.386 e. The number of hydrogen-bond acceptors (Lipinski definition) is 3. The van der Waals surface area contributed by atoms with Crippen molar-refractivity contribution in [1.29, 1.82) is 5.26 Å². The van der Waals surface area contributed by atoms with Crippen LogP contribution < -0.4 is 10.6 Å². The molecule has 5 heteroatoms. The van der Waals surface area contributed by atoms with Crippen LogP contribution in [0.4, 0.5) is 5.69 Å². The summed E-state index contributed by atoms with van der Waals surface area (Å²) in [5, 5.41) is 15.4. The number of carbonyl (C=O) groups is 1. The Morgan fingerprint density at radius 2 is 2.04 bits per heavy atom. The van der Waals surface area contributed by atoms with E-state index in [0.717, 1.165) is 16.7 Å². The SMILES string of the molecule is Cc1cccc(CN/C=C(/C#N)C(=O)Nc2ccc(C)c(Cl)c2)c1. The van der Waals surface area contributed by atoms with Crippen molar-refractivity contribution in [1.82, 2.24) is 5.32 Å². The molecule has 0 radical (unpaired) electrons. The quantitative estimate of drug-likeness (QED) is 0.637. The van der Waals surface area contributed by atoms with Crippen LogP contribution in [0.1, 0.15) is 16.7 Å². The lowest BCUT2D eigenvalue weighted by atomic mass is 10.1. The zero-order chi connectivity index (χ0) is 17.5. The van der Waals surface area contributed by atoms with Crippen LogP contribution in [0.3, 0.4) is 0 Å². The van der Waals surface area contributed by atoms with E-state index in [4.69, 9.17) is 16.9 Å². The molecule has 0 aliphatic carbocycles. The molecule has 0 spiro atoms. The van der Waals surface area contributed by atoms with Crippen molar-refractivity contribution in [3.63, 3.8) is 0 Å². The molecule has 24 heavy (non-hydrogen) atoms. The van der Waals surface area contributed by atoms with Crippen LogP contribution in [0.5, 0.6) is 0 Å². The molecule has 2 rings (SSSR count). The van der Waals surface area contributed by atoms with Crippen LogP contribution in [-0.2, 0) is 11.3 Å². The number of anilines is 1. The highest BCUT2D eigenvalue weighted by Crippen LogP contribution is 2.20. The van der Waals surface area contributed by atoms with Crippen molar-refractivity contribution < 1.29 is 4.79 Å². The summed E-state index contributed by atoms with van der Waals surface area (Å²) in [4.78, 5) is 12.2. The first kappa shape index (κ1) is 17.6. The van der Waals surface area contributed by atoms with Gasteiger partial charge in [-0.05, 0) is 37.1 Å². The second kappa shape index (κ2) is 8.19. The lowest BCUT2D eigenvalue weighted by molar-refractivity contribution is -0.112. The minimum atomic E-state index is -0.478. The molecule has 122 valence electrons. The first-order valence-electron chi connectivity index (χ1n) is 7.46. The van der Waals surface area contributed by atoms with Gasteiger partial charge >= 0.3 is 0 Å². The van der Waals surface area contributed by atoms with Gasteiger partial charge in [-0.3, -0.25) is 4.79 Å². The van der Waals surface area contributed by atoms with Crippen LogP contribution in [0.25, 0.3) is 0 Å². The van der Waals surface area contributed by atoms with E-state index in [1.54, 1.807) is 12.1 Å². The van der Waals surface area contributed by atoms with Gasteiger partial charge in [0.05, 0.1) is 0 Å². The van der Waals surface area contributed by atoms with Crippen molar-refractivity contribution in [2.24, 2.45) is 0 Å². The maximum Gasteiger partial charge on any atom is 0.267 e. The smallest absolute Gasteiger partial charge is 0.267 e. The van der Waals surface area contributed by atoms with Crippen LogP contribution >= 0.6 is 11.6 Å².